The maximum Gasteiger partial charge on any atom is 0.131 e. The van der Waals surface area contributed by atoms with E-state index in [1.54, 1.807) is 0 Å². The normalized spacial score (nSPS) is 10.1. The maximum absolute atomic E-state index is 5.93. The van der Waals surface area contributed by atoms with Crippen molar-refractivity contribution in [2.45, 2.75) is 20.3 Å². The molecule has 15 heavy (non-hydrogen) atoms. The van der Waals surface area contributed by atoms with E-state index in [0.717, 1.165) is 30.9 Å². The first-order valence-corrected chi connectivity index (χ1v) is 5.55. The molecule has 0 fully saturated rings. The molecule has 0 radical (unpaired) electrons. The summed E-state index contributed by atoms with van der Waals surface area (Å²) in [5.41, 5.74) is 1.14. The Morgan fingerprint density at radius 2 is 2.27 bits per heavy atom. The number of aryl methyl sites for hydroxylation is 1. The van der Waals surface area contributed by atoms with Gasteiger partial charge in [0.1, 0.15) is 11.0 Å². The summed E-state index contributed by atoms with van der Waals surface area (Å²) < 4.78 is 0. The van der Waals surface area contributed by atoms with Crippen LogP contribution in [0.3, 0.4) is 0 Å². The second-order valence-corrected chi connectivity index (χ2v) is 3.87. The molecule has 0 N–H and O–H groups in total. The highest BCUT2D eigenvalue weighted by Crippen LogP contribution is 2.17. The lowest BCUT2D eigenvalue weighted by atomic mass is 10.2. The molecule has 3 heteroatoms. The number of aromatic nitrogens is 1. The van der Waals surface area contributed by atoms with Gasteiger partial charge < -0.3 is 4.90 Å². The predicted molar refractivity (Wildman–Crippen MR) is 66.7 cm³/mol. The van der Waals surface area contributed by atoms with Gasteiger partial charge in [-0.1, -0.05) is 17.7 Å². The average Bonchev–Trinajstić information content (AvgIpc) is 2.17. The summed E-state index contributed by atoms with van der Waals surface area (Å²) in [7, 11) is 0. The van der Waals surface area contributed by atoms with Crippen LogP contribution in [0.1, 0.15) is 18.9 Å². The molecule has 0 atom stereocenters. The number of anilines is 1. The monoisotopic (exact) mass is 224 g/mol. The van der Waals surface area contributed by atoms with Gasteiger partial charge in [-0.05, 0) is 38.0 Å². The van der Waals surface area contributed by atoms with E-state index in [2.05, 4.69) is 29.5 Å². The molecule has 0 aliphatic carbocycles. The minimum Gasteiger partial charge on any atom is -0.357 e. The number of nitrogens with zero attached hydrogens (tertiary/aromatic N) is 2. The Kier molecular flexibility index (Phi) is 4.63. The summed E-state index contributed by atoms with van der Waals surface area (Å²) in [6, 6.07) is 3.92. The molecule has 1 aromatic heterocycles. The van der Waals surface area contributed by atoms with Crippen molar-refractivity contribution in [3.05, 3.63) is 35.5 Å². The lowest BCUT2D eigenvalue weighted by Crippen LogP contribution is -2.24. The highest BCUT2D eigenvalue weighted by Gasteiger charge is 2.06. The summed E-state index contributed by atoms with van der Waals surface area (Å²) in [6.07, 6.45) is 2.88. The maximum atomic E-state index is 5.93. The molecule has 0 aliphatic rings. The van der Waals surface area contributed by atoms with Gasteiger partial charge in [0, 0.05) is 13.1 Å². The minimum atomic E-state index is 0.557. The summed E-state index contributed by atoms with van der Waals surface area (Å²) >= 11 is 5.93. The van der Waals surface area contributed by atoms with Crippen LogP contribution in [-0.4, -0.2) is 18.1 Å². The number of hydrogen-bond acceptors (Lipinski definition) is 2. The molecule has 82 valence electrons. The first-order valence-electron chi connectivity index (χ1n) is 5.17. The van der Waals surface area contributed by atoms with Crippen LogP contribution in [0, 0.1) is 6.92 Å². The van der Waals surface area contributed by atoms with Gasteiger partial charge in [0.05, 0.1) is 0 Å². The molecule has 0 unspecified atom stereocenters. The lowest BCUT2D eigenvalue weighted by Gasteiger charge is -2.21. The zero-order valence-electron chi connectivity index (χ0n) is 9.33. The van der Waals surface area contributed by atoms with Gasteiger partial charge in [-0.25, -0.2) is 4.98 Å². The third-order valence-electron chi connectivity index (χ3n) is 2.23. The fourth-order valence-electron chi connectivity index (χ4n) is 1.45. The quantitative estimate of drug-likeness (QED) is 0.563. The van der Waals surface area contributed by atoms with E-state index < -0.39 is 0 Å². The van der Waals surface area contributed by atoms with E-state index in [0.29, 0.717) is 5.15 Å². The van der Waals surface area contributed by atoms with Crippen molar-refractivity contribution in [1.82, 2.24) is 4.98 Å². The van der Waals surface area contributed by atoms with Crippen LogP contribution in [0.25, 0.3) is 0 Å². The summed E-state index contributed by atoms with van der Waals surface area (Å²) in [6.45, 7) is 9.73. The molecule has 0 saturated carbocycles. The molecular formula is C12H17ClN2. The van der Waals surface area contributed by atoms with Crippen LogP contribution in [0.2, 0.25) is 5.15 Å². The van der Waals surface area contributed by atoms with Crippen molar-refractivity contribution in [3.8, 4) is 0 Å². The molecule has 1 heterocycles. The summed E-state index contributed by atoms with van der Waals surface area (Å²) in [4.78, 5) is 6.51. The number of halogens is 1. The third-order valence-corrected chi connectivity index (χ3v) is 2.43. The van der Waals surface area contributed by atoms with Crippen molar-refractivity contribution in [2.75, 3.05) is 18.0 Å². The Balaban J connectivity index is 2.85. The zero-order valence-corrected chi connectivity index (χ0v) is 10.1. The fraction of sp³-hybridized carbons (Fsp3) is 0.417. The van der Waals surface area contributed by atoms with Crippen LogP contribution in [0.15, 0.2) is 24.8 Å². The SMILES string of the molecule is C=CCCN(CC)c1cc(C)cc(Cl)n1. The summed E-state index contributed by atoms with van der Waals surface area (Å²) in [5.74, 6) is 0.948. The summed E-state index contributed by atoms with van der Waals surface area (Å²) in [5, 5.41) is 0.557. The predicted octanol–water partition coefficient (Wildman–Crippen LogP) is 3.45. The largest absolute Gasteiger partial charge is 0.357 e. The first kappa shape index (κ1) is 12.1. The van der Waals surface area contributed by atoms with Crippen molar-refractivity contribution >= 4 is 17.4 Å². The zero-order chi connectivity index (χ0) is 11.3. The van der Waals surface area contributed by atoms with Gasteiger partial charge in [0.2, 0.25) is 0 Å². The fourth-order valence-corrected chi connectivity index (χ4v) is 1.71. The van der Waals surface area contributed by atoms with E-state index in [1.807, 2.05) is 19.1 Å². The van der Waals surface area contributed by atoms with Crippen LogP contribution in [-0.2, 0) is 0 Å². The number of rotatable bonds is 5. The van der Waals surface area contributed by atoms with Crippen LogP contribution in [0.5, 0.6) is 0 Å². The number of hydrogen-bond donors (Lipinski definition) is 0. The van der Waals surface area contributed by atoms with E-state index in [4.69, 9.17) is 11.6 Å². The Labute approximate surface area is 96.6 Å². The van der Waals surface area contributed by atoms with Gasteiger partial charge >= 0.3 is 0 Å². The molecule has 1 rings (SSSR count). The Morgan fingerprint density at radius 1 is 1.53 bits per heavy atom. The van der Waals surface area contributed by atoms with Gasteiger partial charge in [0.25, 0.3) is 0 Å². The van der Waals surface area contributed by atoms with Crippen molar-refractivity contribution < 1.29 is 0 Å². The second-order valence-electron chi connectivity index (χ2n) is 3.48. The Morgan fingerprint density at radius 3 is 2.80 bits per heavy atom. The number of pyridine rings is 1. The molecule has 0 amide bonds. The van der Waals surface area contributed by atoms with Gasteiger partial charge in [-0.15, -0.1) is 6.58 Å². The topological polar surface area (TPSA) is 16.1 Å². The van der Waals surface area contributed by atoms with E-state index in [-0.39, 0.29) is 0 Å². The molecule has 0 saturated heterocycles. The first-order chi connectivity index (χ1) is 7.17. The molecule has 2 nitrogen and oxygen atoms in total. The minimum absolute atomic E-state index is 0.557. The van der Waals surface area contributed by atoms with Crippen molar-refractivity contribution in [3.63, 3.8) is 0 Å². The molecule has 0 aromatic carbocycles. The van der Waals surface area contributed by atoms with Crippen LogP contribution >= 0.6 is 11.6 Å². The molecule has 1 aromatic rings. The van der Waals surface area contributed by atoms with Crippen molar-refractivity contribution in [2.24, 2.45) is 0 Å². The smallest absolute Gasteiger partial charge is 0.131 e. The highest BCUT2D eigenvalue weighted by atomic mass is 35.5. The molecule has 0 spiro atoms. The lowest BCUT2D eigenvalue weighted by molar-refractivity contribution is 0.806. The average molecular weight is 225 g/mol. The van der Waals surface area contributed by atoms with Gasteiger partial charge in [-0.3, -0.25) is 0 Å². The molecule has 0 aliphatic heterocycles. The Hall–Kier alpha value is -1.02. The van der Waals surface area contributed by atoms with Gasteiger partial charge in [0.15, 0.2) is 0 Å². The van der Waals surface area contributed by atoms with E-state index in [9.17, 15) is 0 Å². The van der Waals surface area contributed by atoms with Crippen LogP contribution in [0.4, 0.5) is 5.82 Å². The molecular weight excluding hydrogens is 208 g/mol. The van der Waals surface area contributed by atoms with E-state index in [1.165, 1.54) is 0 Å². The molecule has 0 bridgehead atoms. The van der Waals surface area contributed by atoms with Crippen LogP contribution < -0.4 is 4.90 Å². The van der Waals surface area contributed by atoms with E-state index >= 15 is 0 Å². The standard InChI is InChI=1S/C12H17ClN2/c1-4-6-7-15(5-2)12-9-10(3)8-11(13)14-12/h4,8-9H,1,5-7H2,2-3H3. The third kappa shape index (κ3) is 3.56. The Bertz CT molecular complexity index is 316. The second kappa shape index (κ2) is 5.76. The highest BCUT2D eigenvalue weighted by molar-refractivity contribution is 6.29. The van der Waals surface area contributed by atoms with Crippen molar-refractivity contribution in [1.29, 1.82) is 0 Å². The van der Waals surface area contributed by atoms with Gasteiger partial charge in [-0.2, -0.15) is 0 Å².